The van der Waals surface area contributed by atoms with E-state index in [0.717, 1.165) is 3.57 Å². The number of halogens is 2. The van der Waals surface area contributed by atoms with Crippen LogP contribution in [0.4, 0.5) is 5.69 Å². The molecule has 0 bridgehead atoms. The zero-order valence-electron chi connectivity index (χ0n) is 14.7. The fourth-order valence-corrected chi connectivity index (χ4v) is 3.62. The molecule has 4 aromatic rings. The maximum atomic E-state index is 12.5. The third kappa shape index (κ3) is 3.67. The average molecular weight is 505 g/mol. The molecule has 140 valence electrons. The fraction of sp³-hybridized carbons (Fsp3) is 0.0500. The summed E-state index contributed by atoms with van der Waals surface area (Å²) in [7, 11) is 1.56. The molecule has 0 radical (unpaired) electrons. The van der Waals surface area contributed by atoms with Crippen molar-refractivity contribution in [3.8, 4) is 11.4 Å². The Morgan fingerprint density at radius 2 is 1.86 bits per heavy atom. The second-order valence-electron chi connectivity index (χ2n) is 5.95. The first-order valence-electron chi connectivity index (χ1n) is 8.32. The van der Waals surface area contributed by atoms with Gasteiger partial charge in [-0.2, -0.15) is 4.80 Å². The van der Waals surface area contributed by atoms with Gasteiger partial charge in [0.15, 0.2) is 0 Å². The van der Waals surface area contributed by atoms with Gasteiger partial charge in [0, 0.05) is 9.26 Å². The lowest BCUT2D eigenvalue weighted by atomic mass is 10.2. The van der Waals surface area contributed by atoms with Gasteiger partial charge in [-0.25, -0.2) is 0 Å². The highest BCUT2D eigenvalue weighted by Crippen LogP contribution is 2.27. The average Bonchev–Trinajstić information content (AvgIpc) is 3.11. The molecule has 0 aliphatic rings. The summed E-state index contributed by atoms with van der Waals surface area (Å²) in [6, 6.07) is 18.1. The van der Waals surface area contributed by atoms with Crippen molar-refractivity contribution < 1.29 is 9.53 Å². The number of fused-ring (bicyclic) bond motifs is 1. The quantitative estimate of drug-likeness (QED) is 0.400. The van der Waals surface area contributed by atoms with Crippen molar-refractivity contribution in [2.45, 2.75) is 0 Å². The van der Waals surface area contributed by atoms with Gasteiger partial charge in [-0.3, -0.25) is 4.79 Å². The van der Waals surface area contributed by atoms with Crippen molar-refractivity contribution in [2.24, 2.45) is 0 Å². The number of nitrogens with zero attached hydrogens (tertiary/aromatic N) is 3. The van der Waals surface area contributed by atoms with Crippen molar-refractivity contribution in [3.05, 3.63) is 74.8 Å². The van der Waals surface area contributed by atoms with Gasteiger partial charge in [0.25, 0.3) is 5.91 Å². The van der Waals surface area contributed by atoms with Crippen molar-refractivity contribution >= 4 is 56.8 Å². The van der Waals surface area contributed by atoms with E-state index in [0.29, 0.717) is 38.7 Å². The van der Waals surface area contributed by atoms with Crippen molar-refractivity contribution in [1.29, 1.82) is 0 Å². The van der Waals surface area contributed by atoms with Crippen molar-refractivity contribution in [2.75, 3.05) is 12.4 Å². The monoisotopic (exact) mass is 504 g/mol. The Bertz CT molecular complexity index is 1190. The van der Waals surface area contributed by atoms with Crippen LogP contribution in [0.1, 0.15) is 10.4 Å². The number of amides is 1. The molecule has 0 spiro atoms. The molecular weight excluding hydrogens is 491 g/mol. The number of hydrogen-bond acceptors (Lipinski definition) is 4. The summed E-state index contributed by atoms with van der Waals surface area (Å²) in [6.07, 6.45) is 0. The Balaban J connectivity index is 1.62. The van der Waals surface area contributed by atoms with E-state index in [-0.39, 0.29) is 5.91 Å². The van der Waals surface area contributed by atoms with Crippen LogP contribution in [0.3, 0.4) is 0 Å². The number of anilines is 1. The molecule has 0 aliphatic carbocycles. The highest BCUT2D eigenvalue weighted by molar-refractivity contribution is 14.1. The molecule has 0 atom stereocenters. The molecule has 1 heterocycles. The number of carbonyl (C=O) groups is 1. The standard InChI is InChI=1S/C20H14ClIN4O2/c1-28-19-9-7-13(11-15(19)21)26-24-17-8-6-12(10-18(17)25-26)23-20(27)14-4-2-3-5-16(14)22/h2-11H,1H3,(H,23,27). The second-order valence-corrected chi connectivity index (χ2v) is 7.52. The lowest BCUT2D eigenvalue weighted by Crippen LogP contribution is -2.13. The lowest BCUT2D eigenvalue weighted by Gasteiger charge is -2.06. The van der Waals surface area contributed by atoms with Crippen LogP contribution in [0.2, 0.25) is 5.02 Å². The first-order chi connectivity index (χ1) is 13.5. The number of methoxy groups -OCH3 is 1. The fourth-order valence-electron chi connectivity index (χ4n) is 2.73. The number of carbonyl (C=O) groups excluding carboxylic acids is 1. The largest absolute Gasteiger partial charge is 0.495 e. The summed E-state index contributed by atoms with van der Waals surface area (Å²) < 4.78 is 6.06. The summed E-state index contributed by atoms with van der Waals surface area (Å²) in [4.78, 5) is 14.0. The molecule has 0 unspecified atom stereocenters. The van der Waals surface area contributed by atoms with E-state index in [1.165, 1.54) is 4.80 Å². The Morgan fingerprint density at radius 3 is 2.61 bits per heavy atom. The number of aromatic nitrogens is 3. The van der Waals surface area contributed by atoms with Gasteiger partial charge < -0.3 is 10.1 Å². The number of ether oxygens (including phenoxy) is 1. The van der Waals surface area contributed by atoms with Crippen molar-refractivity contribution in [1.82, 2.24) is 15.0 Å². The topological polar surface area (TPSA) is 69.0 Å². The maximum Gasteiger partial charge on any atom is 0.256 e. The first-order valence-corrected chi connectivity index (χ1v) is 9.78. The van der Waals surface area contributed by atoms with E-state index in [2.05, 4.69) is 38.1 Å². The third-order valence-electron chi connectivity index (χ3n) is 4.12. The SMILES string of the molecule is COc1ccc(-n2nc3ccc(NC(=O)c4ccccc4I)cc3n2)cc1Cl. The molecule has 4 rings (SSSR count). The van der Waals surface area contributed by atoms with E-state index in [4.69, 9.17) is 16.3 Å². The Labute approximate surface area is 179 Å². The van der Waals surface area contributed by atoms with Gasteiger partial charge in [0.1, 0.15) is 16.8 Å². The van der Waals surface area contributed by atoms with Crippen LogP contribution in [0.25, 0.3) is 16.7 Å². The normalized spacial score (nSPS) is 10.8. The lowest BCUT2D eigenvalue weighted by molar-refractivity contribution is 0.102. The summed E-state index contributed by atoms with van der Waals surface area (Å²) in [6.45, 7) is 0. The van der Waals surface area contributed by atoms with E-state index in [1.54, 1.807) is 37.4 Å². The Kier molecular flexibility index (Phi) is 5.19. The molecule has 6 nitrogen and oxygen atoms in total. The second kappa shape index (κ2) is 7.76. The predicted molar refractivity (Wildman–Crippen MR) is 118 cm³/mol. The predicted octanol–water partition coefficient (Wildman–Crippen LogP) is 4.94. The maximum absolute atomic E-state index is 12.5. The van der Waals surface area contributed by atoms with Crippen LogP contribution in [-0.2, 0) is 0 Å². The van der Waals surface area contributed by atoms with E-state index >= 15 is 0 Å². The molecule has 1 aromatic heterocycles. The van der Waals surface area contributed by atoms with Gasteiger partial charge in [-0.15, -0.1) is 10.2 Å². The highest BCUT2D eigenvalue weighted by Gasteiger charge is 2.12. The molecule has 0 saturated heterocycles. The molecule has 0 fully saturated rings. The number of nitrogens with one attached hydrogen (secondary N) is 1. The Morgan fingerprint density at radius 1 is 1.07 bits per heavy atom. The minimum atomic E-state index is -0.168. The zero-order chi connectivity index (χ0) is 19.7. The van der Waals surface area contributed by atoms with Crippen LogP contribution in [0.5, 0.6) is 5.75 Å². The molecule has 3 aromatic carbocycles. The van der Waals surface area contributed by atoms with Crippen LogP contribution in [0.15, 0.2) is 60.7 Å². The molecule has 28 heavy (non-hydrogen) atoms. The molecule has 0 aliphatic heterocycles. The van der Waals surface area contributed by atoms with Crippen LogP contribution in [-0.4, -0.2) is 28.0 Å². The van der Waals surface area contributed by atoms with Gasteiger partial charge in [0.05, 0.1) is 23.4 Å². The minimum Gasteiger partial charge on any atom is -0.495 e. The number of rotatable bonds is 4. The van der Waals surface area contributed by atoms with Gasteiger partial charge in [-0.1, -0.05) is 23.7 Å². The van der Waals surface area contributed by atoms with E-state index in [9.17, 15) is 4.79 Å². The zero-order valence-corrected chi connectivity index (χ0v) is 17.6. The molecule has 8 heteroatoms. The summed E-state index contributed by atoms with van der Waals surface area (Å²) >= 11 is 8.33. The first kappa shape index (κ1) is 18.7. The smallest absolute Gasteiger partial charge is 0.256 e. The van der Waals surface area contributed by atoms with Gasteiger partial charge in [-0.05, 0) is 71.1 Å². The van der Waals surface area contributed by atoms with Gasteiger partial charge in [0.2, 0.25) is 0 Å². The Hall–Kier alpha value is -2.65. The number of benzene rings is 3. The van der Waals surface area contributed by atoms with Crippen LogP contribution in [0, 0.1) is 3.57 Å². The van der Waals surface area contributed by atoms with Crippen LogP contribution >= 0.6 is 34.2 Å². The summed E-state index contributed by atoms with van der Waals surface area (Å²) in [5, 5.41) is 12.3. The van der Waals surface area contributed by atoms with Crippen LogP contribution < -0.4 is 10.1 Å². The molecule has 0 saturated carbocycles. The summed E-state index contributed by atoms with van der Waals surface area (Å²) in [5.74, 6) is 0.418. The molecule has 1 amide bonds. The molecular formula is C20H14ClIN4O2. The highest BCUT2D eigenvalue weighted by atomic mass is 127. The van der Waals surface area contributed by atoms with Crippen molar-refractivity contribution in [3.63, 3.8) is 0 Å². The third-order valence-corrected chi connectivity index (χ3v) is 5.36. The van der Waals surface area contributed by atoms with E-state index in [1.807, 2.05) is 30.3 Å². The van der Waals surface area contributed by atoms with E-state index < -0.39 is 0 Å². The minimum absolute atomic E-state index is 0.168. The van der Waals surface area contributed by atoms with Gasteiger partial charge >= 0.3 is 0 Å². The number of hydrogen-bond donors (Lipinski definition) is 1. The molecule has 1 N–H and O–H groups in total. The summed E-state index contributed by atoms with van der Waals surface area (Å²) in [5.41, 5.74) is 3.36.